The number of thiophene rings is 2. The van der Waals surface area contributed by atoms with E-state index in [1.165, 1.54) is 35.5 Å². The number of nitrogens with zero attached hydrogens (tertiary/aromatic N) is 2. The van der Waals surface area contributed by atoms with Crippen LogP contribution in [0.3, 0.4) is 0 Å². The van der Waals surface area contributed by atoms with Crippen LogP contribution >= 0.6 is 22.7 Å². The first-order chi connectivity index (χ1) is 23.6. The van der Waals surface area contributed by atoms with Crippen LogP contribution < -0.4 is 9.47 Å². The van der Waals surface area contributed by atoms with Crippen molar-refractivity contribution in [3.05, 3.63) is 95.2 Å². The van der Waals surface area contributed by atoms with Crippen LogP contribution in [0.4, 0.5) is 8.78 Å². The quantitative estimate of drug-likeness (QED) is 0.0953. The maximum atomic E-state index is 16.2. The summed E-state index contributed by atoms with van der Waals surface area (Å²) >= 11 is 2.68. The van der Waals surface area contributed by atoms with E-state index in [0.717, 1.165) is 61.2 Å². The van der Waals surface area contributed by atoms with Crippen LogP contribution in [-0.4, -0.2) is 23.2 Å². The van der Waals surface area contributed by atoms with Gasteiger partial charge in [-0.25, -0.2) is 18.7 Å². The van der Waals surface area contributed by atoms with Crippen molar-refractivity contribution in [1.29, 1.82) is 0 Å². The number of benzene rings is 3. The number of hydrogen-bond acceptors (Lipinski definition) is 6. The second-order valence-electron chi connectivity index (χ2n) is 11.8. The third-order valence-electron chi connectivity index (χ3n) is 8.28. The van der Waals surface area contributed by atoms with Crippen LogP contribution in [0.1, 0.15) is 65.2 Å². The average Bonchev–Trinajstić information content (AvgIpc) is 3.84. The molecule has 4 nitrogen and oxygen atoms in total. The van der Waals surface area contributed by atoms with E-state index < -0.39 is 11.6 Å². The third-order valence-corrected chi connectivity index (χ3v) is 10.1. The average molecular weight is 683 g/mol. The van der Waals surface area contributed by atoms with Crippen molar-refractivity contribution in [2.75, 3.05) is 13.2 Å². The standard InChI is InChI=1S/C40H40F2N2O2S2/c1-3-5-7-9-21-45-29-17-11-15-27(25-29)37-38(28-16-12-18-30(26-28)46-22-10-8-6-4-2)44-40-34(32-20-14-24-48-32)36(42)35(41)33(39(40)43-37)31-19-13-23-47-31/h11-20,23-26H,3-10,21-22H2,1-2H3. The second kappa shape index (κ2) is 16.3. The van der Waals surface area contributed by atoms with Gasteiger partial charge in [-0.05, 0) is 60.0 Å². The van der Waals surface area contributed by atoms with Gasteiger partial charge in [0.1, 0.15) is 22.5 Å². The number of unbranched alkanes of at least 4 members (excludes halogenated alkanes) is 6. The molecule has 0 N–H and O–H groups in total. The lowest BCUT2D eigenvalue weighted by molar-refractivity contribution is 0.305. The molecule has 0 radical (unpaired) electrons. The molecule has 0 fully saturated rings. The van der Waals surface area contributed by atoms with Crippen molar-refractivity contribution in [1.82, 2.24) is 9.97 Å². The van der Waals surface area contributed by atoms with Gasteiger partial charge in [-0.15, -0.1) is 22.7 Å². The van der Waals surface area contributed by atoms with Gasteiger partial charge < -0.3 is 9.47 Å². The maximum Gasteiger partial charge on any atom is 0.170 e. The minimum absolute atomic E-state index is 0.116. The molecule has 8 heteroatoms. The Morgan fingerprint density at radius 1 is 0.562 bits per heavy atom. The zero-order valence-electron chi connectivity index (χ0n) is 27.4. The number of fused-ring (bicyclic) bond motifs is 1. The molecule has 0 unspecified atom stereocenters. The number of rotatable bonds is 16. The molecule has 0 aliphatic rings. The molecule has 0 saturated carbocycles. The van der Waals surface area contributed by atoms with E-state index in [1.807, 2.05) is 71.4 Å². The van der Waals surface area contributed by atoms with Crippen molar-refractivity contribution in [3.8, 4) is 54.9 Å². The SMILES string of the molecule is CCCCCCOc1cccc(-c2nc3c(-c4cccs4)c(F)c(F)c(-c4cccs4)c3nc2-c2cccc(OCCCCCC)c2)c1. The van der Waals surface area contributed by atoms with Crippen molar-refractivity contribution < 1.29 is 18.3 Å². The Morgan fingerprint density at radius 2 is 1.02 bits per heavy atom. The van der Waals surface area contributed by atoms with Crippen molar-refractivity contribution in [2.45, 2.75) is 65.2 Å². The summed E-state index contributed by atoms with van der Waals surface area (Å²) in [7, 11) is 0. The lowest BCUT2D eigenvalue weighted by atomic mass is 9.99. The Bertz CT molecular complexity index is 1800. The molecule has 0 atom stereocenters. The lowest BCUT2D eigenvalue weighted by Gasteiger charge is -2.17. The van der Waals surface area contributed by atoms with Gasteiger partial charge in [0.15, 0.2) is 11.6 Å². The predicted molar refractivity (Wildman–Crippen MR) is 196 cm³/mol. The summed E-state index contributed by atoms with van der Waals surface area (Å²) in [5, 5.41) is 3.70. The Balaban J connectivity index is 1.54. The van der Waals surface area contributed by atoms with Gasteiger partial charge in [-0.2, -0.15) is 0 Å². The highest BCUT2D eigenvalue weighted by Crippen LogP contribution is 2.44. The third kappa shape index (κ3) is 7.61. The minimum Gasteiger partial charge on any atom is -0.494 e. The van der Waals surface area contributed by atoms with E-state index in [9.17, 15) is 0 Å². The molecular weight excluding hydrogens is 643 g/mol. The zero-order chi connectivity index (χ0) is 33.3. The van der Waals surface area contributed by atoms with Crippen LogP contribution in [0, 0.1) is 11.6 Å². The fourth-order valence-corrected chi connectivity index (χ4v) is 7.34. The molecule has 3 aromatic carbocycles. The molecule has 248 valence electrons. The molecule has 0 saturated heterocycles. The smallest absolute Gasteiger partial charge is 0.170 e. The summed E-state index contributed by atoms with van der Waals surface area (Å²) in [6.07, 6.45) is 8.87. The number of hydrogen-bond donors (Lipinski definition) is 0. The summed E-state index contributed by atoms with van der Waals surface area (Å²) in [5.41, 5.74) is 3.52. The monoisotopic (exact) mass is 682 g/mol. The number of ether oxygens (including phenoxy) is 2. The highest BCUT2D eigenvalue weighted by atomic mass is 32.1. The molecule has 0 amide bonds. The molecule has 0 bridgehead atoms. The molecule has 0 aliphatic heterocycles. The van der Waals surface area contributed by atoms with E-state index in [0.29, 0.717) is 45.4 Å². The highest BCUT2D eigenvalue weighted by molar-refractivity contribution is 7.14. The van der Waals surface area contributed by atoms with Gasteiger partial charge in [0.05, 0.1) is 35.7 Å². The number of aromatic nitrogens is 2. The van der Waals surface area contributed by atoms with Crippen LogP contribution in [0.2, 0.25) is 0 Å². The Kier molecular flexibility index (Phi) is 11.5. The largest absolute Gasteiger partial charge is 0.494 e. The van der Waals surface area contributed by atoms with Crippen LogP contribution in [0.5, 0.6) is 11.5 Å². The molecular formula is C40H40F2N2O2S2. The van der Waals surface area contributed by atoms with Crippen LogP contribution in [-0.2, 0) is 0 Å². The van der Waals surface area contributed by atoms with E-state index >= 15 is 8.78 Å². The molecule has 6 aromatic rings. The van der Waals surface area contributed by atoms with Gasteiger partial charge in [0.2, 0.25) is 0 Å². The molecule has 3 heterocycles. The maximum absolute atomic E-state index is 16.2. The van der Waals surface area contributed by atoms with Crippen LogP contribution in [0.25, 0.3) is 54.4 Å². The minimum atomic E-state index is -0.927. The van der Waals surface area contributed by atoms with Gasteiger partial charge in [0.25, 0.3) is 0 Å². The Hall–Kier alpha value is -4.14. The van der Waals surface area contributed by atoms with Gasteiger partial charge in [-0.3, -0.25) is 0 Å². The lowest BCUT2D eigenvalue weighted by Crippen LogP contribution is -2.03. The molecule has 6 rings (SSSR count). The topological polar surface area (TPSA) is 44.2 Å². The van der Waals surface area contributed by atoms with E-state index in [2.05, 4.69) is 13.8 Å². The van der Waals surface area contributed by atoms with Gasteiger partial charge in [-0.1, -0.05) is 88.8 Å². The first-order valence-electron chi connectivity index (χ1n) is 16.9. The van der Waals surface area contributed by atoms with Gasteiger partial charge in [0, 0.05) is 20.9 Å². The van der Waals surface area contributed by atoms with Crippen molar-refractivity contribution in [3.63, 3.8) is 0 Å². The van der Waals surface area contributed by atoms with E-state index in [4.69, 9.17) is 19.4 Å². The van der Waals surface area contributed by atoms with E-state index in [1.54, 1.807) is 12.1 Å². The molecule has 0 spiro atoms. The summed E-state index contributed by atoms with van der Waals surface area (Å²) in [5.74, 6) is -0.402. The first-order valence-corrected chi connectivity index (χ1v) is 18.6. The highest BCUT2D eigenvalue weighted by Gasteiger charge is 2.27. The number of halogens is 2. The Morgan fingerprint density at radius 3 is 1.42 bits per heavy atom. The Labute approximate surface area is 289 Å². The predicted octanol–water partition coefficient (Wildman–Crippen LogP) is 12.6. The summed E-state index contributed by atoms with van der Waals surface area (Å²) < 4.78 is 44.7. The fourth-order valence-electron chi connectivity index (χ4n) is 5.81. The molecule has 48 heavy (non-hydrogen) atoms. The second-order valence-corrected chi connectivity index (χ2v) is 13.7. The normalized spacial score (nSPS) is 11.3. The first kappa shape index (κ1) is 33.7. The summed E-state index contributed by atoms with van der Waals surface area (Å²) in [6, 6.07) is 22.8. The molecule has 0 aliphatic carbocycles. The van der Waals surface area contributed by atoms with Crippen molar-refractivity contribution in [2.24, 2.45) is 0 Å². The summed E-state index contributed by atoms with van der Waals surface area (Å²) in [4.78, 5) is 11.5. The fraction of sp³-hybridized carbons (Fsp3) is 0.300. The van der Waals surface area contributed by atoms with Crippen LogP contribution in [0.15, 0.2) is 83.6 Å². The van der Waals surface area contributed by atoms with Crippen molar-refractivity contribution >= 4 is 33.7 Å². The summed E-state index contributed by atoms with van der Waals surface area (Å²) in [6.45, 7) is 5.62. The zero-order valence-corrected chi connectivity index (χ0v) is 29.1. The van der Waals surface area contributed by atoms with E-state index in [-0.39, 0.29) is 11.1 Å². The molecule has 3 aromatic heterocycles. The van der Waals surface area contributed by atoms with Gasteiger partial charge >= 0.3 is 0 Å².